The molecule has 3 nitrogen and oxygen atoms in total. The second kappa shape index (κ2) is 5.55. The van der Waals surface area contributed by atoms with Gasteiger partial charge in [-0.1, -0.05) is 24.6 Å². The van der Waals surface area contributed by atoms with Gasteiger partial charge in [-0.05, 0) is 38.1 Å². The van der Waals surface area contributed by atoms with Crippen LogP contribution in [0.2, 0.25) is 5.02 Å². The van der Waals surface area contributed by atoms with E-state index in [-0.39, 0.29) is 0 Å². The smallest absolute Gasteiger partial charge is 0.125 e. The highest BCUT2D eigenvalue weighted by atomic mass is 35.5. The first-order chi connectivity index (χ1) is 9.61. The molecule has 5 heteroatoms. The van der Waals surface area contributed by atoms with Crippen molar-refractivity contribution in [3.8, 4) is 0 Å². The summed E-state index contributed by atoms with van der Waals surface area (Å²) in [6.07, 6.45) is 1.12. The lowest BCUT2D eigenvalue weighted by Gasteiger charge is -2.36. The molecule has 2 unspecified atom stereocenters. The number of aromatic nitrogens is 2. The van der Waals surface area contributed by atoms with E-state index in [4.69, 9.17) is 23.2 Å². The number of benzene rings is 1. The van der Waals surface area contributed by atoms with E-state index in [2.05, 4.69) is 34.5 Å². The molecule has 2 aromatic rings. The maximum atomic E-state index is 6.27. The summed E-state index contributed by atoms with van der Waals surface area (Å²) >= 11 is 12.4. The standard InChI is InChI=1S/C15H19Cl2N3/c1-10-9-19(2)7-6-12(10)20-13-5-3-4-11(17)15(13)18-14(20)8-16/h3-5,10,12H,6-9H2,1-2H3. The summed E-state index contributed by atoms with van der Waals surface area (Å²) < 4.78 is 2.31. The van der Waals surface area contributed by atoms with Gasteiger partial charge in [-0.2, -0.15) is 0 Å². The zero-order chi connectivity index (χ0) is 14.3. The van der Waals surface area contributed by atoms with E-state index in [1.807, 2.05) is 12.1 Å². The maximum absolute atomic E-state index is 6.27. The lowest BCUT2D eigenvalue weighted by molar-refractivity contribution is 0.160. The first-order valence-corrected chi connectivity index (χ1v) is 7.93. The largest absolute Gasteiger partial charge is 0.323 e. The van der Waals surface area contributed by atoms with Gasteiger partial charge >= 0.3 is 0 Å². The van der Waals surface area contributed by atoms with Crippen LogP contribution in [0.5, 0.6) is 0 Å². The van der Waals surface area contributed by atoms with E-state index in [0.717, 1.165) is 36.4 Å². The molecule has 0 aliphatic carbocycles. The van der Waals surface area contributed by atoms with Gasteiger partial charge in [0.25, 0.3) is 0 Å². The molecular formula is C15H19Cl2N3. The number of imidazole rings is 1. The molecule has 1 aromatic carbocycles. The molecule has 1 aliphatic heterocycles. The minimum atomic E-state index is 0.421. The predicted octanol–water partition coefficient (Wildman–Crippen LogP) is 3.94. The molecule has 2 heterocycles. The summed E-state index contributed by atoms with van der Waals surface area (Å²) in [4.78, 5) is 7.03. The summed E-state index contributed by atoms with van der Waals surface area (Å²) in [6.45, 7) is 4.51. The monoisotopic (exact) mass is 311 g/mol. The van der Waals surface area contributed by atoms with Crippen LogP contribution < -0.4 is 0 Å². The average Bonchev–Trinajstić information content (AvgIpc) is 2.79. The third-order valence-electron chi connectivity index (χ3n) is 4.26. The van der Waals surface area contributed by atoms with Crippen LogP contribution in [0.3, 0.4) is 0 Å². The summed E-state index contributed by atoms with van der Waals surface area (Å²) in [7, 11) is 2.18. The highest BCUT2D eigenvalue weighted by molar-refractivity contribution is 6.35. The van der Waals surface area contributed by atoms with Gasteiger partial charge < -0.3 is 9.47 Å². The van der Waals surface area contributed by atoms with Gasteiger partial charge in [0.05, 0.1) is 16.4 Å². The Kier molecular flexibility index (Phi) is 3.93. The van der Waals surface area contributed by atoms with Gasteiger partial charge in [-0.15, -0.1) is 11.6 Å². The molecule has 0 N–H and O–H groups in total. The number of nitrogens with zero attached hydrogens (tertiary/aromatic N) is 3. The second-order valence-electron chi connectivity index (χ2n) is 5.73. The number of halogens is 2. The Morgan fingerprint density at radius 2 is 2.20 bits per heavy atom. The highest BCUT2D eigenvalue weighted by Gasteiger charge is 2.28. The number of rotatable bonds is 2. The minimum Gasteiger partial charge on any atom is -0.323 e. The first kappa shape index (κ1) is 14.2. The predicted molar refractivity (Wildman–Crippen MR) is 84.6 cm³/mol. The third kappa shape index (κ3) is 2.32. The van der Waals surface area contributed by atoms with Gasteiger partial charge in [0.15, 0.2) is 0 Å². The number of hydrogen-bond donors (Lipinski definition) is 0. The fourth-order valence-corrected chi connectivity index (χ4v) is 3.72. The number of para-hydroxylation sites is 1. The van der Waals surface area contributed by atoms with Crippen LogP contribution in [-0.2, 0) is 5.88 Å². The van der Waals surface area contributed by atoms with Crippen LogP contribution in [0.4, 0.5) is 0 Å². The second-order valence-corrected chi connectivity index (χ2v) is 6.41. The molecule has 1 fully saturated rings. The summed E-state index contributed by atoms with van der Waals surface area (Å²) in [5.41, 5.74) is 1.98. The van der Waals surface area contributed by atoms with Crippen molar-refractivity contribution < 1.29 is 0 Å². The van der Waals surface area contributed by atoms with Crippen LogP contribution in [0.15, 0.2) is 18.2 Å². The van der Waals surface area contributed by atoms with Crippen molar-refractivity contribution in [3.05, 3.63) is 29.0 Å². The first-order valence-electron chi connectivity index (χ1n) is 7.01. The van der Waals surface area contributed by atoms with E-state index in [9.17, 15) is 0 Å². The van der Waals surface area contributed by atoms with E-state index in [1.165, 1.54) is 0 Å². The van der Waals surface area contributed by atoms with Gasteiger partial charge in [-0.3, -0.25) is 0 Å². The fourth-order valence-electron chi connectivity index (χ4n) is 3.32. The van der Waals surface area contributed by atoms with Crippen molar-refractivity contribution in [2.45, 2.75) is 25.3 Å². The maximum Gasteiger partial charge on any atom is 0.125 e. The van der Waals surface area contributed by atoms with Crippen LogP contribution in [-0.4, -0.2) is 34.6 Å². The Morgan fingerprint density at radius 1 is 1.40 bits per heavy atom. The van der Waals surface area contributed by atoms with E-state index in [1.54, 1.807) is 0 Å². The number of fused-ring (bicyclic) bond motifs is 1. The molecule has 1 aromatic heterocycles. The number of likely N-dealkylation sites (tertiary alicyclic amines) is 1. The van der Waals surface area contributed by atoms with E-state index >= 15 is 0 Å². The molecule has 1 saturated heterocycles. The number of alkyl halides is 1. The molecule has 0 bridgehead atoms. The van der Waals surface area contributed by atoms with Crippen molar-refractivity contribution in [2.75, 3.05) is 20.1 Å². The Labute approximate surface area is 129 Å². The van der Waals surface area contributed by atoms with Crippen molar-refractivity contribution >= 4 is 34.2 Å². The summed E-state index contributed by atoms with van der Waals surface area (Å²) in [5, 5.41) is 0.702. The van der Waals surface area contributed by atoms with Gasteiger partial charge in [-0.25, -0.2) is 4.98 Å². The number of hydrogen-bond acceptors (Lipinski definition) is 2. The van der Waals surface area contributed by atoms with Crippen molar-refractivity contribution in [1.29, 1.82) is 0 Å². The summed E-state index contributed by atoms with van der Waals surface area (Å²) in [6, 6.07) is 6.41. The SMILES string of the molecule is CC1CN(C)CCC1n1c(CCl)nc2c(Cl)cccc21. The quantitative estimate of drug-likeness (QED) is 0.783. The zero-order valence-electron chi connectivity index (χ0n) is 11.8. The van der Waals surface area contributed by atoms with E-state index in [0.29, 0.717) is 22.9 Å². The van der Waals surface area contributed by atoms with Crippen LogP contribution in [0.25, 0.3) is 11.0 Å². The van der Waals surface area contributed by atoms with Crippen molar-refractivity contribution in [2.24, 2.45) is 5.92 Å². The Morgan fingerprint density at radius 3 is 2.90 bits per heavy atom. The molecule has 0 amide bonds. The Balaban J connectivity index is 2.12. The molecule has 0 spiro atoms. The topological polar surface area (TPSA) is 21.1 Å². The Bertz CT molecular complexity index is 623. The molecule has 108 valence electrons. The minimum absolute atomic E-state index is 0.421. The Hall–Kier alpha value is -0.770. The van der Waals surface area contributed by atoms with Crippen LogP contribution in [0, 0.1) is 5.92 Å². The molecule has 20 heavy (non-hydrogen) atoms. The molecule has 0 saturated carbocycles. The highest BCUT2D eigenvalue weighted by Crippen LogP contribution is 2.34. The van der Waals surface area contributed by atoms with Gasteiger partial charge in [0, 0.05) is 12.6 Å². The molecule has 3 rings (SSSR count). The molecular weight excluding hydrogens is 293 g/mol. The number of piperidine rings is 1. The van der Waals surface area contributed by atoms with Crippen LogP contribution in [0.1, 0.15) is 25.2 Å². The van der Waals surface area contributed by atoms with Crippen molar-refractivity contribution in [3.63, 3.8) is 0 Å². The zero-order valence-corrected chi connectivity index (χ0v) is 13.3. The fraction of sp³-hybridized carbons (Fsp3) is 0.533. The molecule has 0 radical (unpaired) electrons. The lowest BCUT2D eigenvalue weighted by Crippen LogP contribution is -2.38. The van der Waals surface area contributed by atoms with Gasteiger partial charge in [0.1, 0.15) is 11.3 Å². The normalized spacial score (nSPS) is 24.4. The van der Waals surface area contributed by atoms with E-state index < -0.39 is 0 Å². The lowest BCUT2D eigenvalue weighted by atomic mass is 9.93. The average molecular weight is 312 g/mol. The molecule has 1 aliphatic rings. The van der Waals surface area contributed by atoms with Crippen LogP contribution >= 0.6 is 23.2 Å². The molecule has 2 atom stereocenters. The third-order valence-corrected chi connectivity index (χ3v) is 4.80. The van der Waals surface area contributed by atoms with Crippen molar-refractivity contribution in [1.82, 2.24) is 14.5 Å². The van der Waals surface area contributed by atoms with Gasteiger partial charge in [0.2, 0.25) is 0 Å². The summed E-state index contributed by atoms with van der Waals surface area (Å²) in [5.74, 6) is 1.92.